The van der Waals surface area contributed by atoms with Crippen molar-refractivity contribution in [1.29, 1.82) is 0 Å². The quantitative estimate of drug-likeness (QED) is 0.891. The van der Waals surface area contributed by atoms with Crippen LogP contribution in [0.5, 0.6) is 0 Å². The van der Waals surface area contributed by atoms with Crippen molar-refractivity contribution in [2.45, 2.75) is 19.9 Å². The molecule has 0 radical (unpaired) electrons. The van der Waals surface area contributed by atoms with Crippen molar-refractivity contribution in [3.05, 3.63) is 17.6 Å². The number of nitrogens with one attached hydrogen (secondary N) is 1. The van der Waals surface area contributed by atoms with Gasteiger partial charge in [-0.1, -0.05) is 5.16 Å². The summed E-state index contributed by atoms with van der Waals surface area (Å²) in [4.78, 5) is 6.89. The Morgan fingerprint density at radius 2 is 2.10 bits per heavy atom. The third-order valence-electron chi connectivity index (χ3n) is 3.74. The molecule has 1 aliphatic heterocycles. The first kappa shape index (κ1) is 13.3. The van der Waals surface area contributed by atoms with Gasteiger partial charge in [-0.2, -0.15) is 10.1 Å². The Labute approximate surface area is 118 Å². The van der Waals surface area contributed by atoms with Crippen molar-refractivity contribution >= 4 is 0 Å². The molecule has 0 amide bonds. The first-order chi connectivity index (χ1) is 9.65. The highest BCUT2D eigenvalue weighted by molar-refractivity contribution is 5.47. The molecule has 3 heterocycles. The highest BCUT2D eigenvalue weighted by Gasteiger charge is 2.23. The van der Waals surface area contributed by atoms with E-state index >= 15 is 0 Å². The van der Waals surface area contributed by atoms with Gasteiger partial charge in [0, 0.05) is 33.2 Å². The number of aromatic nitrogens is 4. The normalized spacial score (nSPS) is 18.4. The molecule has 0 aromatic carbocycles. The lowest BCUT2D eigenvalue weighted by molar-refractivity contribution is 0.176. The van der Waals surface area contributed by atoms with Gasteiger partial charge in [-0.3, -0.25) is 9.58 Å². The van der Waals surface area contributed by atoms with Crippen LogP contribution in [0.4, 0.5) is 0 Å². The van der Waals surface area contributed by atoms with Gasteiger partial charge in [0.15, 0.2) is 5.82 Å². The van der Waals surface area contributed by atoms with E-state index in [1.54, 1.807) is 4.68 Å². The summed E-state index contributed by atoms with van der Waals surface area (Å²) in [6.45, 7) is 8.11. The molecule has 1 unspecified atom stereocenters. The lowest BCUT2D eigenvalue weighted by atomic mass is 10.2. The summed E-state index contributed by atoms with van der Waals surface area (Å²) in [5.74, 6) is 1.27. The van der Waals surface area contributed by atoms with Crippen LogP contribution >= 0.6 is 0 Å². The summed E-state index contributed by atoms with van der Waals surface area (Å²) in [7, 11) is 1.88. The summed E-state index contributed by atoms with van der Waals surface area (Å²) < 4.78 is 7.16. The second kappa shape index (κ2) is 5.34. The van der Waals surface area contributed by atoms with E-state index in [1.165, 1.54) is 0 Å². The predicted molar refractivity (Wildman–Crippen MR) is 74.1 cm³/mol. The molecule has 20 heavy (non-hydrogen) atoms. The molecule has 0 saturated carbocycles. The Balaban J connectivity index is 1.81. The fraction of sp³-hybridized carbons (Fsp3) is 0.615. The number of hydrogen-bond donors (Lipinski definition) is 1. The minimum Gasteiger partial charge on any atom is -0.332 e. The first-order valence-electron chi connectivity index (χ1n) is 6.94. The maximum absolute atomic E-state index is 5.39. The summed E-state index contributed by atoms with van der Waals surface area (Å²) in [6.07, 6.45) is 0. The molecule has 0 spiro atoms. The molecule has 1 saturated heterocycles. The zero-order valence-electron chi connectivity index (χ0n) is 12.1. The number of rotatable bonds is 3. The monoisotopic (exact) mass is 276 g/mol. The van der Waals surface area contributed by atoms with Crippen LogP contribution in [-0.2, 0) is 7.05 Å². The van der Waals surface area contributed by atoms with Gasteiger partial charge < -0.3 is 9.84 Å². The van der Waals surface area contributed by atoms with Crippen LogP contribution in [0.1, 0.15) is 24.5 Å². The topological polar surface area (TPSA) is 72.0 Å². The third kappa shape index (κ3) is 2.46. The van der Waals surface area contributed by atoms with E-state index < -0.39 is 0 Å². The van der Waals surface area contributed by atoms with E-state index in [9.17, 15) is 0 Å². The van der Waals surface area contributed by atoms with Gasteiger partial charge in [0.25, 0.3) is 5.89 Å². The van der Waals surface area contributed by atoms with E-state index in [0.29, 0.717) is 5.89 Å². The molecule has 1 aliphatic rings. The maximum atomic E-state index is 5.39. The lowest BCUT2D eigenvalue weighted by Crippen LogP contribution is -2.44. The van der Waals surface area contributed by atoms with Crippen LogP contribution in [0.3, 0.4) is 0 Å². The van der Waals surface area contributed by atoms with Crippen LogP contribution in [-0.4, -0.2) is 51.0 Å². The molecule has 2 aromatic rings. The second-order valence-electron chi connectivity index (χ2n) is 5.21. The Kier molecular flexibility index (Phi) is 3.54. The van der Waals surface area contributed by atoms with Gasteiger partial charge in [0.05, 0.1) is 11.7 Å². The van der Waals surface area contributed by atoms with E-state index in [1.807, 2.05) is 20.0 Å². The number of piperazine rings is 1. The first-order valence-corrected chi connectivity index (χ1v) is 6.94. The molecule has 2 aromatic heterocycles. The van der Waals surface area contributed by atoms with Gasteiger partial charge in [-0.05, 0) is 19.9 Å². The third-order valence-corrected chi connectivity index (χ3v) is 3.74. The smallest absolute Gasteiger partial charge is 0.276 e. The fourth-order valence-electron chi connectivity index (χ4n) is 2.55. The van der Waals surface area contributed by atoms with Gasteiger partial charge in [-0.15, -0.1) is 0 Å². The molecular weight excluding hydrogens is 256 g/mol. The van der Waals surface area contributed by atoms with E-state index in [2.05, 4.69) is 32.4 Å². The van der Waals surface area contributed by atoms with Crippen LogP contribution in [0.25, 0.3) is 11.6 Å². The molecule has 0 bridgehead atoms. The minimum absolute atomic E-state index is 0.170. The molecule has 1 fully saturated rings. The average molecular weight is 276 g/mol. The Hall–Kier alpha value is -1.73. The molecule has 7 heteroatoms. The van der Waals surface area contributed by atoms with Crippen LogP contribution in [0.2, 0.25) is 0 Å². The number of nitrogens with zero attached hydrogens (tertiary/aromatic N) is 5. The zero-order chi connectivity index (χ0) is 14.1. The van der Waals surface area contributed by atoms with Crippen molar-refractivity contribution < 1.29 is 4.52 Å². The van der Waals surface area contributed by atoms with Crippen LogP contribution < -0.4 is 5.32 Å². The van der Waals surface area contributed by atoms with Crippen molar-refractivity contribution in [2.75, 3.05) is 26.2 Å². The Morgan fingerprint density at radius 1 is 1.35 bits per heavy atom. The van der Waals surface area contributed by atoms with Gasteiger partial charge in [0.2, 0.25) is 0 Å². The molecule has 108 valence electrons. The Bertz CT molecular complexity index is 583. The summed E-state index contributed by atoms with van der Waals surface area (Å²) in [5.41, 5.74) is 1.80. The van der Waals surface area contributed by atoms with Gasteiger partial charge in [-0.25, -0.2) is 0 Å². The summed E-state index contributed by atoms with van der Waals surface area (Å²) in [6, 6.07) is 2.12. The van der Waals surface area contributed by atoms with Crippen LogP contribution in [0.15, 0.2) is 10.6 Å². The number of hydrogen-bond acceptors (Lipinski definition) is 6. The van der Waals surface area contributed by atoms with Crippen molar-refractivity contribution in [2.24, 2.45) is 7.05 Å². The van der Waals surface area contributed by atoms with Gasteiger partial charge >= 0.3 is 0 Å². The molecule has 1 atom stereocenters. The van der Waals surface area contributed by atoms with Crippen molar-refractivity contribution in [3.8, 4) is 11.6 Å². The molecule has 3 rings (SSSR count). The highest BCUT2D eigenvalue weighted by atomic mass is 16.5. The molecule has 1 N–H and O–H groups in total. The van der Waals surface area contributed by atoms with E-state index in [4.69, 9.17) is 4.52 Å². The molecule has 0 aliphatic carbocycles. The second-order valence-corrected chi connectivity index (χ2v) is 5.21. The lowest BCUT2D eigenvalue weighted by Gasteiger charge is -2.30. The predicted octanol–water partition coefficient (Wildman–Crippen LogP) is 0.745. The van der Waals surface area contributed by atoms with Crippen LogP contribution in [0, 0.1) is 6.92 Å². The maximum Gasteiger partial charge on any atom is 0.276 e. The number of aryl methyl sites for hydroxylation is 2. The fourth-order valence-corrected chi connectivity index (χ4v) is 2.55. The summed E-state index contributed by atoms with van der Waals surface area (Å²) in [5, 5.41) is 11.8. The zero-order valence-corrected chi connectivity index (χ0v) is 12.1. The SMILES string of the molecule is Cc1cc(-c2nc(C(C)N3CCNCC3)no2)n(C)n1. The largest absolute Gasteiger partial charge is 0.332 e. The van der Waals surface area contributed by atoms with Gasteiger partial charge in [0.1, 0.15) is 5.69 Å². The highest BCUT2D eigenvalue weighted by Crippen LogP contribution is 2.22. The Morgan fingerprint density at radius 3 is 2.75 bits per heavy atom. The average Bonchev–Trinajstić information content (AvgIpc) is 3.05. The molecular formula is C13H20N6O. The van der Waals surface area contributed by atoms with E-state index in [-0.39, 0.29) is 6.04 Å². The van der Waals surface area contributed by atoms with Crippen molar-refractivity contribution in [3.63, 3.8) is 0 Å². The molecule has 7 nitrogen and oxygen atoms in total. The summed E-state index contributed by atoms with van der Waals surface area (Å²) >= 11 is 0. The van der Waals surface area contributed by atoms with Crippen molar-refractivity contribution in [1.82, 2.24) is 30.1 Å². The standard InChI is InChI=1S/C13H20N6O/c1-9-8-11(18(3)16-9)13-15-12(17-20-13)10(2)19-6-4-14-5-7-19/h8,10,14H,4-7H2,1-3H3. The minimum atomic E-state index is 0.170. The van der Waals surface area contributed by atoms with E-state index in [0.717, 1.165) is 43.4 Å².